The molecule has 2 amide bonds. The molecule has 8 nitrogen and oxygen atoms in total. The van der Waals surface area contributed by atoms with E-state index >= 15 is 0 Å². The molecular weight excluding hydrogens is 334 g/mol. The Morgan fingerprint density at radius 3 is 3.00 bits per heavy atom. The van der Waals surface area contributed by atoms with Gasteiger partial charge < -0.3 is 15.0 Å². The van der Waals surface area contributed by atoms with Gasteiger partial charge in [0.1, 0.15) is 18.7 Å². The van der Waals surface area contributed by atoms with Crippen molar-refractivity contribution in [3.8, 4) is 0 Å². The first-order valence-electron chi connectivity index (χ1n) is 9.02. The molecule has 1 atom stereocenters. The molecular formula is C18H25N5O3. The molecule has 0 bridgehead atoms. The van der Waals surface area contributed by atoms with Gasteiger partial charge in [0.25, 0.3) is 0 Å². The maximum absolute atomic E-state index is 12.8. The smallest absolute Gasteiger partial charge is 0.245 e. The molecule has 26 heavy (non-hydrogen) atoms. The number of amides is 2. The summed E-state index contributed by atoms with van der Waals surface area (Å²) < 4.78 is 6.46. The number of methoxy groups -OCH3 is 1. The first-order chi connectivity index (χ1) is 12.7. The van der Waals surface area contributed by atoms with Crippen molar-refractivity contribution in [3.05, 3.63) is 24.3 Å². The molecule has 1 aromatic heterocycles. The van der Waals surface area contributed by atoms with Crippen molar-refractivity contribution in [2.75, 3.05) is 26.8 Å². The highest BCUT2D eigenvalue weighted by atomic mass is 16.5. The average molecular weight is 359 g/mol. The van der Waals surface area contributed by atoms with Gasteiger partial charge in [-0.15, -0.1) is 5.10 Å². The van der Waals surface area contributed by atoms with Crippen LogP contribution in [-0.4, -0.2) is 64.6 Å². The van der Waals surface area contributed by atoms with Crippen molar-refractivity contribution >= 4 is 22.8 Å². The van der Waals surface area contributed by atoms with Crippen molar-refractivity contribution in [3.63, 3.8) is 0 Å². The van der Waals surface area contributed by atoms with Gasteiger partial charge in [0.2, 0.25) is 11.8 Å². The maximum Gasteiger partial charge on any atom is 0.245 e. The van der Waals surface area contributed by atoms with Crippen molar-refractivity contribution in [2.45, 2.75) is 38.3 Å². The zero-order chi connectivity index (χ0) is 18.4. The van der Waals surface area contributed by atoms with Crippen molar-refractivity contribution in [1.29, 1.82) is 0 Å². The zero-order valence-electron chi connectivity index (χ0n) is 15.1. The summed E-state index contributed by atoms with van der Waals surface area (Å²) in [5, 5.41) is 11.0. The molecule has 3 rings (SSSR count). The van der Waals surface area contributed by atoms with Crippen molar-refractivity contribution < 1.29 is 14.3 Å². The minimum absolute atomic E-state index is 0.0496. The molecule has 1 aliphatic heterocycles. The van der Waals surface area contributed by atoms with Gasteiger partial charge in [0.15, 0.2) is 0 Å². The number of ether oxygens (including phenoxy) is 1. The third-order valence-electron chi connectivity index (χ3n) is 4.73. The summed E-state index contributed by atoms with van der Waals surface area (Å²) in [5.41, 5.74) is 1.65. The largest absolute Gasteiger partial charge is 0.375 e. The number of para-hydroxylation sites is 1. The summed E-state index contributed by atoms with van der Waals surface area (Å²) >= 11 is 0. The second-order valence-electron chi connectivity index (χ2n) is 6.54. The van der Waals surface area contributed by atoms with Crippen LogP contribution in [0.2, 0.25) is 0 Å². The molecule has 0 spiro atoms. The van der Waals surface area contributed by atoms with E-state index in [-0.39, 0.29) is 31.0 Å². The number of nitrogens with one attached hydrogen (secondary N) is 1. The predicted molar refractivity (Wildman–Crippen MR) is 96.4 cm³/mol. The second-order valence-corrected chi connectivity index (χ2v) is 6.54. The Morgan fingerprint density at radius 1 is 1.31 bits per heavy atom. The van der Waals surface area contributed by atoms with Gasteiger partial charge >= 0.3 is 0 Å². The molecule has 140 valence electrons. The van der Waals surface area contributed by atoms with Crippen LogP contribution in [0.3, 0.4) is 0 Å². The number of carbonyl (C=O) groups is 2. The highest BCUT2D eigenvalue weighted by Gasteiger charge is 2.27. The van der Waals surface area contributed by atoms with Crippen LogP contribution in [-0.2, 0) is 20.9 Å². The summed E-state index contributed by atoms with van der Waals surface area (Å²) in [4.78, 5) is 26.3. The number of aromatic nitrogens is 3. The lowest BCUT2D eigenvalue weighted by Crippen LogP contribution is -2.46. The number of piperidine rings is 1. The van der Waals surface area contributed by atoms with Crippen LogP contribution in [0, 0.1) is 0 Å². The molecule has 0 aliphatic carbocycles. The van der Waals surface area contributed by atoms with E-state index in [9.17, 15) is 9.59 Å². The molecule has 1 N–H and O–H groups in total. The lowest BCUT2D eigenvalue weighted by molar-refractivity contribution is -0.135. The average Bonchev–Trinajstić information content (AvgIpc) is 3.05. The molecule has 2 heterocycles. The SMILES string of the molecule is COCC(=O)NCCC1CCCCN1C(=O)Cn1nnc2ccccc21. The number of fused-ring (bicyclic) bond motifs is 1. The number of hydrogen-bond donors (Lipinski definition) is 1. The number of benzene rings is 1. The number of carbonyl (C=O) groups excluding carboxylic acids is 2. The Kier molecular flexibility index (Phi) is 6.17. The lowest BCUT2D eigenvalue weighted by atomic mass is 9.99. The molecule has 1 aliphatic rings. The topological polar surface area (TPSA) is 89.4 Å². The molecule has 0 radical (unpaired) electrons. The summed E-state index contributed by atoms with van der Waals surface area (Å²) in [6.45, 7) is 1.55. The van der Waals surface area contributed by atoms with Gasteiger partial charge in [-0.1, -0.05) is 17.3 Å². The van der Waals surface area contributed by atoms with E-state index in [1.54, 1.807) is 4.68 Å². The first kappa shape index (κ1) is 18.3. The number of hydrogen-bond acceptors (Lipinski definition) is 5. The maximum atomic E-state index is 12.8. The van der Waals surface area contributed by atoms with Crippen molar-refractivity contribution in [2.24, 2.45) is 0 Å². The Balaban J connectivity index is 1.59. The highest BCUT2D eigenvalue weighted by Crippen LogP contribution is 2.20. The van der Waals surface area contributed by atoms with Gasteiger partial charge in [-0.25, -0.2) is 4.68 Å². The van der Waals surface area contributed by atoms with Gasteiger partial charge in [0.05, 0.1) is 5.52 Å². The Hall–Kier alpha value is -2.48. The van der Waals surface area contributed by atoms with E-state index < -0.39 is 0 Å². The van der Waals surface area contributed by atoms with Gasteiger partial charge in [-0.05, 0) is 37.8 Å². The van der Waals surface area contributed by atoms with Crippen LogP contribution >= 0.6 is 0 Å². The standard InChI is InChI=1S/C18H25N5O3/c1-26-13-17(24)19-10-9-14-6-4-5-11-22(14)18(25)12-23-16-8-3-2-7-15(16)20-21-23/h2-3,7-8,14H,4-6,9-13H2,1H3,(H,19,24). The number of nitrogens with zero attached hydrogens (tertiary/aromatic N) is 4. The normalized spacial score (nSPS) is 17.4. The van der Waals surface area contributed by atoms with E-state index in [0.717, 1.165) is 43.3 Å². The van der Waals surface area contributed by atoms with Crippen LogP contribution in [0.1, 0.15) is 25.7 Å². The van der Waals surface area contributed by atoms with E-state index in [2.05, 4.69) is 15.6 Å². The second kappa shape index (κ2) is 8.75. The molecule has 1 fully saturated rings. The van der Waals surface area contributed by atoms with Gasteiger partial charge in [-0.2, -0.15) is 0 Å². The molecule has 1 aromatic carbocycles. The fourth-order valence-electron chi connectivity index (χ4n) is 3.44. The third kappa shape index (κ3) is 4.37. The summed E-state index contributed by atoms with van der Waals surface area (Å²) in [5.74, 6) is -0.0798. The van der Waals surface area contributed by atoms with Gasteiger partial charge in [-0.3, -0.25) is 9.59 Å². The molecule has 1 saturated heterocycles. The predicted octanol–water partition coefficient (Wildman–Crippen LogP) is 0.965. The Morgan fingerprint density at radius 2 is 2.15 bits per heavy atom. The van der Waals surface area contributed by atoms with Crippen LogP contribution in [0.4, 0.5) is 0 Å². The number of likely N-dealkylation sites (tertiary alicyclic amines) is 1. The first-order valence-corrected chi connectivity index (χ1v) is 9.02. The van der Waals surface area contributed by atoms with E-state index in [1.165, 1.54) is 7.11 Å². The van der Waals surface area contributed by atoms with Crippen molar-refractivity contribution in [1.82, 2.24) is 25.2 Å². The lowest BCUT2D eigenvalue weighted by Gasteiger charge is -2.36. The minimum atomic E-state index is -0.129. The summed E-state index contributed by atoms with van der Waals surface area (Å²) in [7, 11) is 1.50. The highest BCUT2D eigenvalue weighted by molar-refractivity contribution is 5.80. The summed E-state index contributed by atoms with van der Waals surface area (Å²) in [6, 6.07) is 7.77. The molecule has 2 aromatic rings. The van der Waals surface area contributed by atoms with E-state index in [1.807, 2.05) is 29.2 Å². The summed E-state index contributed by atoms with van der Waals surface area (Å²) in [6.07, 6.45) is 3.83. The monoisotopic (exact) mass is 359 g/mol. The Bertz CT molecular complexity index is 760. The number of rotatable bonds is 7. The Labute approximate surface area is 152 Å². The van der Waals surface area contributed by atoms with E-state index in [4.69, 9.17) is 4.74 Å². The quantitative estimate of drug-likeness (QED) is 0.795. The fraction of sp³-hybridized carbons (Fsp3) is 0.556. The zero-order valence-corrected chi connectivity index (χ0v) is 15.1. The fourth-order valence-corrected chi connectivity index (χ4v) is 3.44. The molecule has 8 heteroatoms. The van der Waals surface area contributed by atoms with E-state index in [0.29, 0.717) is 6.54 Å². The minimum Gasteiger partial charge on any atom is -0.375 e. The molecule has 1 unspecified atom stereocenters. The van der Waals surface area contributed by atoms with Crippen LogP contribution in [0.15, 0.2) is 24.3 Å². The van der Waals surface area contributed by atoms with Crippen LogP contribution < -0.4 is 5.32 Å². The molecule has 0 saturated carbocycles. The third-order valence-corrected chi connectivity index (χ3v) is 4.73. The van der Waals surface area contributed by atoms with Gasteiger partial charge in [0, 0.05) is 26.2 Å². The van der Waals surface area contributed by atoms with Crippen LogP contribution in [0.5, 0.6) is 0 Å². The van der Waals surface area contributed by atoms with Crippen LogP contribution in [0.25, 0.3) is 11.0 Å².